The summed E-state index contributed by atoms with van der Waals surface area (Å²) in [6.07, 6.45) is 0. The Hall–Kier alpha value is -2.12. The Bertz CT molecular complexity index is 812. The van der Waals surface area contributed by atoms with Gasteiger partial charge in [0.2, 0.25) is 0 Å². The van der Waals surface area contributed by atoms with Crippen molar-refractivity contribution < 1.29 is 0 Å². The molecule has 2 aromatic carbocycles. The second-order valence-electron chi connectivity index (χ2n) is 4.34. The fourth-order valence-electron chi connectivity index (χ4n) is 2.08. The van der Waals surface area contributed by atoms with Crippen molar-refractivity contribution in [2.24, 2.45) is 0 Å². The van der Waals surface area contributed by atoms with E-state index in [1.807, 2.05) is 37.3 Å². The molecule has 3 aromatic rings. The number of rotatable bonds is 1. The average molecular weight is 312 g/mol. The Labute approximate surface area is 119 Å². The molecule has 0 aliphatic heterocycles. The monoisotopic (exact) mass is 311 g/mol. The van der Waals surface area contributed by atoms with Crippen molar-refractivity contribution in [3.63, 3.8) is 0 Å². The first-order valence-electron chi connectivity index (χ1n) is 5.85. The van der Waals surface area contributed by atoms with E-state index in [-0.39, 0.29) is 0 Å². The highest BCUT2D eigenvalue weighted by atomic mass is 79.9. The van der Waals surface area contributed by atoms with Gasteiger partial charge in [-0.15, -0.1) is 0 Å². The van der Waals surface area contributed by atoms with Gasteiger partial charge in [0.1, 0.15) is 17.4 Å². The Morgan fingerprint density at radius 2 is 2.00 bits per heavy atom. The number of benzene rings is 2. The summed E-state index contributed by atoms with van der Waals surface area (Å²) in [5.41, 5.74) is 4.33. The molecule has 1 heterocycles. The van der Waals surface area contributed by atoms with Crippen LogP contribution in [-0.4, -0.2) is 9.97 Å². The molecule has 4 heteroatoms. The van der Waals surface area contributed by atoms with Crippen molar-refractivity contribution in [1.29, 1.82) is 5.26 Å². The Morgan fingerprint density at radius 1 is 1.21 bits per heavy atom. The van der Waals surface area contributed by atoms with E-state index in [9.17, 15) is 0 Å². The maximum atomic E-state index is 9.10. The lowest BCUT2D eigenvalue weighted by molar-refractivity contribution is 1.31. The molecular formula is C15H10BrN3. The van der Waals surface area contributed by atoms with Crippen LogP contribution < -0.4 is 0 Å². The third-order valence-electron chi connectivity index (χ3n) is 3.08. The third kappa shape index (κ3) is 1.92. The van der Waals surface area contributed by atoms with Crippen molar-refractivity contribution in [2.45, 2.75) is 6.92 Å². The molecule has 0 amide bonds. The minimum absolute atomic E-state index is 0.587. The van der Waals surface area contributed by atoms with Gasteiger partial charge in [-0.25, -0.2) is 4.98 Å². The van der Waals surface area contributed by atoms with Gasteiger partial charge in [-0.3, -0.25) is 0 Å². The number of halogens is 1. The number of fused-ring (bicyclic) bond motifs is 1. The summed E-state index contributed by atoms with van der Waals surface area (Å²) in [7, 11) is 0. The number of H-pyrrole nitrogens is 1. The fourth-order valence-corrected chi connectivity index (χ4v) is 2.53. The second kappa shape index (κ2) is 4.52. The maximum absolute atomic E-state index is 9.10. The quantitative estimate of drug-likeness (QED) is 0.733. The summed E-state index contributed by atoms with van der Waals surface area (Å²) in [5, 5.41) is 9.10. The first-order chi connectivity index (χ1) is 9.20. The smallest absolute Gasteiger partial charge is 0.139 e. The molecule has 0 aliphatic rings. The van der Waals surface area contributed by atoms with Gasteiger partial charge >= 0.3 is 0 Å². The maximum Gasteiger partial charge on any atom is 0.139 e. The van der Waals surface area contributed by atoms with Gasteiger partial charge < -0.3 is 4.98 Å². The van der Waals surface area contributed by atoms with Crippen LogP contribution in [0.15, 0.2) is 40.9 Å². The number of aromatic amines is 1. The van der Waals surface area contributed by atoms with Gasteiger partial charge in [0.05, 0.1) is 11.1 Å². The van der Waals surface area contributed by atoms with Crippen LogP contribution in [0.5, 0.6) is 0 Å². The predicted octanol–water partition coefficient (Wildman–Crippen LogP) is 4.17. The lowest BCUT2D eigenvalue weighted by Crippen LogP contribution is -1.85. The van der Waals surface area contributed by atoms with Crippen LogP contribution in [0, 0.1) is 18.3 Å². The van der Waals surface area contributed by atoms with Crippen molar-refractivity contribution in [3.05, 3.63) is 52.0 Å². The Balaban J connectivity index is 2.27. The van der Waals surface area contributed by atoms with Crippen LogP contribution >= 0.6 is 15.9 Å². The minimum atomic E-state index is 0.587. The number of nitriles is 1. The highest BCUT2D eigenvalue weighted by Crippen LogP contribution is 2.30. The van der Waals surface area contributed by atoms with E-state index in [2.05, 4.69) is 32.0 Å². The summed E-state index contributed by atoms with van der Waals surface area (Å²) >= 11 is 3.58. The first kappa shape index (κ1) is 11.9. The zero-order valence-corrected chi connectivity index (χ0v) is 11.8. The van der Waals surface area contributed by atoms with Gasteiger partial charge in [0.15, 0.2) is 0 Å². The third-order valence-corrected chi connectivity index (χ3v) is 4.13. The van der Waals surface area contributed by atoms with E-state index in [0.717, 1.165) is 26.9 Å². The predicted molar refractivity (Wildman–Crippen MR) is 78.7 cm³/mol. The van der Waals surface area contributed by atoms with Crippen LogP contribution in [0.1, 0.15) is 11.1 Å². The zero-order chi connectivity index (χ0) is 13.4. The number of nitrogens with zero attached hydrogens (tertiary/aromatic N) is 2. The SMILES string of the molecule is Cc1cccc(-c2nc3c(C#N)cccc3[nH]2)c1Br. The van der Waals surface area contributed by atoms with Crippen LogP contribution in [0.4, 0.5) is 0 Å². The number of hydrogen-bond donors (Lipinski definition) is 1. The van der Waals surface area contributed by atoms with Crippen LogP contribution in [-0.2, 0) is 0 Å². The number of nitrogens with one attached hydrogen (secondary N) is 1. The molecule has 92 valence electrons. The molecule has 1 N–H and O–H groups in total. The van der Waals surface area contributed by atoms with E-state index in [1.54, 1.807) is 6.07 Å². The average Bonchev–Trinajstić information content (AvgIpc) is 2.85. The molecule has 0 radical (unpaired) electrons. The molecule has 0 atom stereocenters. The molecule has 0 aliphatic carbocycles. The molecule has 0 spiro atoms. The van der Waals surface area contributed by atoms with E-state index in [4.69, 9.17) is 5.26 Å². The van der Waals surface area contributed by atoms with E-state index in [0.29, 0.717) is 11.1 Å². The fraction of sp³-hybridized carbons (Fsp3) is 0.0667. The summed E-state index contributed by atoms with van der Waals surface area (Å²) in [4.78, 5) is 7.81. The lowest BCUT2D eigenvalue weighted by atomic mass is 10.1. The summed E-state index contributed by atoms with van der Waals surface area (Å²) in [6.45, 7) is 2.04. The summed E-state index contributed by atoms with van der Waals surface area (Å²) < 4.78 is 1.02. The molecule has 0 fully saturated rings. The molecule has 0 saturated carbocycles. The largest absolute Gasteiger partial charge is 0.338 e. The van der Waals surface area contributed by atoms with E-state index in [1.165, 1.54) is 0 Å². The molecule has 0 unspecified atom stereocenters. The number of imidazole rings is 1. The molecule has 1 aromatic heterocycles. The van der Waals surface area contributed by atoms with E-state index >= 15 is 0 Å². The standard InChI is InChI=1S/C15H10BrN3/c1-9-4-2-6-11(13(9)16)15-18-12-7-3-5-10(8-17)14(12)19-15/h2-7H,1H3,(H,18,19). The van der Waals surface area contributed by atoms with Crippen molar-refractivity contribution in [2.75, 3.05) is 0 Å². The molecular weight excluding hydrogens is 302 g/mol. The highest BCUT2D eigenvalue weighted by molar-refractivity contribution is 9.10. The van der Waals surface area contributed by atoms with Crippen LogP contribution in [0.3, 0.4) is 0 Å². The molecule has 19 heavy (non-hydrogen) atoms. The number of aromatic nitrogens is 2. The minimum Gasteiger partial charge on any atom is -0.338 e. The van der Waals surface area contributed by atoms with Gasteiger partial charge in [-0.1, -0.05) is 24.3 Å². The molecule has 3 nitrogen and oxygen atoms in total. The van der Waals surface area contributed by atoms with Crippen LogP contribution in [0.2, 0.25) is 0 Å². The van der Waals surface area contributed by atoms with E-state index < -0.39 is 0 Å². The van der Waals surface area contributed by atoms with Gasteiger partial charge in [0, 0.05) is 10.0 Å². The van der Waals surface area contributed by atoms with Gasteiger partial charge in [-0.2, -0.15) is 5.26 Å². The number of hydrogen-bond acceptors (Lipinski definition) is 2. The molecule has 0 bridgehead atoms. The Kier molecular flexibility index (Phi) is 2.84. The second-order valence-corrected chi connectivity index (χ2v) is 5.13. The number of aryl methyl sites for hydroxylation is 1. The van der Waals surface area contributed by atoms with Crippen molar-refractivity contribution in [1.82, 2.24) is 9.97 Å². The highest BCUT2D eigenvalue weighted by Gasteiger charge is 2.11. The zero-order valence-electron chi connectivity index (χ0n) is 10.2. The Morgan fingerprint density at radius 3 is 2.79 bits per heavy atom. The number of para-hydroxylation sites is 1. The summed E-state index contributed by atoms with van der Waals surface area (Å²) in [5.74, 6) is 0.772. The molecule has 3 rings (SSSR count). The molecule has 0 saturated heterocycles. The van der Waals surface area contributed by atoms with Crippen LogP contribution in [0.25, 0.3) is 22.4 Å². The first-order valence-corrected chi connectivity index (χ1v) is 6.64. The summed E-state index contributed by atoms with van der Waals surface area (Å²) in [6, 6.07) is 13.8. The van der Waals surface area contributed by atoms with Gasteiger partial charge in [-0.05, 0) is 40.5 Å². The van der Waals surface area contributed by atoms with Crippen molar-refractivity contribution >= 4 is 27.0 Å². The topological polar surface area (TPSA) is 52.5 Å². The lowest BCUT2D eigenvalue weighted by Gasteiger charge is -2.03. The normalized spacial score (nSPS) is 10.6. The van der Waals surface area contributed by atoms with Crippen molar-refractivity contribution in [3.8, 4) is 17.5 Å². The van der Waals surface area contributed by atoms with Gasteiger partial charge in [0.25, 0.3) is 0 Å².